The molecular formula is C26H33NO. The zero-order valence-corrected chi connectivity index (χ0v) is 17.8. The summed E-state index contributed by atoms with van der Waals surface area (Å²) in [4.78, 5) is 10.9. The summed E-state index contributed by atoms with van der Waals surface area (Å²) < 4.78 is 0. The number of benzene rings is 1. The maximum absolute atomic E-state index is 10.9. The highest BCUT2D eigenvalue weighted by Crippen LogP contribution is 2.50. The fraction of sp³-hybridized carbons (Fsp3) is 0.346. The van der Waals surface area contributed by atoms with E-state index in [0.29, 0.717) is 5.92 Å². The average Bonchev–Trinajstić information content (AvgIpc) is 2.61. The first-order valence-electron chi connectivity index (χ1n) is 9.97. The molecule has 0 aliphatic heterocycles. The van der Waals surface area contributed by atoms with Gasteiger partial charge in [0, 0.05) is 6.08 Å². The van der Waals surface area contributed by atoms with E-state index in [1.165, 1.54) is 34.8 Å². The van der Waals surface area contributed by atoms with Crippen LogP contribution in [-0.2, 0) is 4.79 Å². The number of rotatable bonds is 6. The number of amides is 1. The molecule has 0 radical (unpaired) electrons. The standard InChI is InChI=1S/C26H33NO/c1-19(10-9-11-20(2)18-25(27)28)14-16-23-21(3)15-17-24(26(23,4)5)22-12-7-6-8-13-22/h6-14,16,18,24H,15,17H2,1-5H3,(H2,27,28)/b11-9+,16-14+,19-10+,20-18+. The van der Waals surface area contributed by atoms with Gasteiger partial charge < -0.3 is 5.73 Å². The van der Waals surface area contributed by atoms with Crippen LogP contribution < -0.4 is 5.73 Å². The molecular weight excluding hydrogens is 342 g/mol. The number of carbonyl (C=O) groups is 1. The minimum absolute atomic E-state index is 0.0944. The van der Waals surface area contributed by atoms with Gasteiger partial charge in [0.1, 0.15) is 0 Å². The van der Waals surface area contributed by atoms with Crippen molar-refractivity contribution in [3.05, 3.63) is 94.6 Å². The lowest BCUT2D eigenvalue weighted by Crippen LogP contribution is -2.28. The first kappa shape index (κ1) is 21.7. The summed E-state index contributed by atoms with van der Waals surface area (Å²) >= 11 is 0. The molecule has 1 aliphatic rings. The molecule has 1 aromatic carbocycles. The van der Waals surface area contributed by atoms with Gasteiger partial charge in [-0.3, -0.25) is 4.79 Å². The van der Waals surface area contributed by atoms with Crippen molar-refractivity contribution in [2.24, 2.45) is 11.1 Å². The molecule has 0 heterocycles. The van der Waals surface area contributed by atoms with Crippen LogP contribution in [0.5, 0.6) is 0 Å². The van der Waals surface area contributed by atoms with E-state index in [1.54, 1.807) is 0 Å². The molecule has 2 nitrogen and oxygen atoms in total. The lowest BCUT2D eigenvalue weighted by Gasteiger charge is -2.41. The van der Waals surface area contributed by atoms with Crippen LogP contribution >= 0.6 is 0 Å². The predicted molar refractivity (Wildman–Crippen MR) is 120 cm³/mol. The van der Waals surface area contributed by atoms with Crippen molar-refractivity contribution < 1.29 is 4.79 Å². The summed E-state index contributed by atoms with van der Waals surface area (Å²) in [5.41, 5.74) is 11.6. The molecule has 2 N–H and O–H groups in total. The Balaban J connectivity index is 2.20. The lowest BCUT2D eigenvalue weighted by atomic mass is 9.63. The Kier molecular flexibility index (Phi) is 7.39. The SMILES string of the molecule is CC1=C(/C=C/C(C)=C/C=C/C(C)=C/C(N)=O)C(C)(C)C(c2ccccc2)CC1. The minimum atomic E-state index is -0.419. The summed E-state index contributed by atoms with van der Waals surface area (Å²) in [6, 6.07) is 10.9. The highest BCUT2D eigenvalue weighted by molar-refractivity contribution is 5.86. The summed E-state index contributed by atoms with van der Waals surface area (Å²) in [6.07, 6.45) is 14.1. The van der Waals surface area contributed by atoms with Gasteiger partial charge in [-0.05, 0) is 61.7 Å². The Labute approximate surface area is 170 Å². The summed E-state index contributed by atoms with van der Waals surface area (Å²) in [5, 5.41) is 0. The van der Waals surface area contributed by atoms with Gasteiger partial charge in [-0.15, -0.1) is 0 Å². The monoisotopic (exact) mass is 375 g/mol. The molecule has 2 heteroatoms. The van der Waals surface area contributed by atoms with E-state index in [9.17, 15) is 4.79 Å². The fourth-order valence-electron chi connectivity index (χ4n) is 4.11. The van der Waals surface area contributed by atoms with E-state index >= 15 is 0 Å². The van der Waals surface area contributed by atoms with Gasteiger partial charge in [0.05, 0.1) is 0 Å². The van der Waals surface area contributed by atoms with Crippen LogP contribution in [0.1, 0.15) is 58.9 Å². The van der Waals surface area contributed by atoms with Crippen LogP contribution in [0.25, 0.3) is 0 Å². The van der Waals surface area contributed by atoms with Gasteiger partial charge in [0.2, 0.25) is 5.91 Å². The van der Waals surface area contributed by atoms with E-state index in [4.69, 9.17) is 5.73 Å². The molecule has 0 spiro atoms. The van der Waals surface area contributed by atoms with E-state index in [0.717, 1.165) is 12.0 Å². The number of nitrogens with two attached hydrogens (primary N) is 1. The van der Waals surface area contributed by atoms with E-state index in [2.05, 4.69) is 76.3 Å². The van der Waals surface area contributed by atoms with Crippen molar-refractivity contribution in [2.75, 3.05) is 0 Å². The van der Waals surface area contributed by atoms with Gasteiger partial charge in [0.25, 0.3) is 0 Å². The Morgan fingerprint density at radius 3 is 2.43 bits per heavy atom. The molecule has 1 amide bonds. The second-order valence-electron chi connectivity index (χ2n) is 8.31. The molecule has 1 aromatic rings. The van der Waals surface area contributed by atoms with Crippen LogP contribution in [0.15, 0.2) is 89.1 Å². The normalized spacial score (nSPS) is 21.0. The Hall–Kier alpha value is -2.61. The van der Waals surface area contributed by atoms with Gasteiger partial charge in [0.15, 0.2) is 0 Å². The second kappa shape index (κ2) is 9.54. The summed E-state index contributed by atoms with van der Waals surface area (Å²) in [6.45, 7) is 10.9. The van der Waals surface area contributed by atoms with Gasteiger partial charge >= 0.3 is 0 Å². The zero-order chi connectivity index (χ0) is 20.7. The highest BCUT2D eigenvalue weighted by atomic mass is 16.1. The van der Waals surface area contributed by atoms with Gasteiger partial charge in [-0.1, -0.05) is 85.7 Å². The van der Waals surface area contributed by atoms with Crippen LogP contribution in [0, 0.1) is 5.41 Å². The third-order valence-electron chi connectivity index (χ3n) is 5.64. The summed E-state index contributed by atoms with van der Waals surface area (Å²) in [5.74, 6) is 0.112. The molecule has 0 fully saturated rings. The molecule has 148 valence electrons. The quantitative estimate of drug-likeness (QED) is 0.454. The van der Waals surface area contributed by atoms with Gasteiger partial charge in [-0.25, -0.2) is 0 Å². The average molecular weight is 376 g/mol. The Bertz CT molecular complexity index is 848. The molecule has 0 bridgehead atoms. The number of carbonyl (C=O) groups excluding carboxylic acids is 1. The third-order valence-corrected chi connectivity index (χ3v) is 5.64. The Morgan fingerprint density at radius 2 is 1.79 bits per heavy atom. The number of allylic oxidation sites excluding steroid dienone is 9. The van der Waals surface area contributed by atoms with Crippen molar-refractivity contribution in [3.8, 4) is 0 Å². The van der Waals surface area contributed by atoms with Crippen LogP contribution in [0.3, 0.4) is 0 Å². The van der Waals surface area contributed by atoms with Crippen molar-refractivity contribution in [3.63, 3.8) is 0 Å². The molecule has 2 rings (SSSR count). The zero-order valence-electron chi connectivity index (χ0n) is 17.8. The minimum Gasteiger partial charge on any atom is -0.366 e. The summed E-state index contributed by atoms with van der Waals surface area (Å²) in [7, 11) is 0. The number of hydrogen-bond acceptors (Lipinski definition) is 1. The smallest absolute Gasteiger partial charge is 0.241 e. The fourth-order valence-corrected chi connectivity index (χ4v) is 4.11. The maximum Gasteiger partial charge on any atom is 0.241 e. The second-order valence-corrected chi connectivity index (χ2v) is 8.31. The molecule has 28 heavy (non-hydrogen) atoms. The van der Waals surface area contributed by atoms with Crippen LogP contribution in [0.2, 0.25) is 0 Å². The molecule has 0 saturated carbocycles. The van der Waals surface area contributed by atoms with Gasteiger partial charge in [-0.2, -0.15) is 0 Å². The predicted octanol–water partition coefficient (Wildman–Crippen LogP) is 6.40. The Morgan fingerprint density at radius 1 is 1.11 bits per heavy atom. The van der Waals surface area contributed by atoms with Crippen LogP contribution in [-0.4, -0.2) is 5.91 Å². The van der Waals surface area contributed by atoms with Crippen LogP contribution in [0.4, 0.5) is 0 Å². The molecule has 0 saturated heterocycles. The van der Waals surface area contributed by atoms with Crippen molar-refractivity contribution in [2.45, 2.75) is 53.4 Å². The maximum atomic E-state index is 10.9. The number of hydrogen-bond donors (Lipinski definition) is 1. The van der Waals surface area contributed by atoms with E-state index in [-0.39, 0.29) is 5.41 Å². The van der Waals surface area contributed by atoms with E-state index < -0.39 is 5.91 Å². The largest absolute Gasteiger partial charge is 0.366 e. The molecule has 0 aromatic heterocycles. The van der Waals surface area contributed by atoms with E-state index in [1.807, 2.05) is 19.1 Å². The lowest BCUT2D eigenvalue weighted by molar-refractivity contribution is -0.113. The van der Waals surface area contributed by atoms with Crippen molar-refractivity contribution in [1.82, 2.24) is 0 Å². The number of primary amides is 1. The molecule has 1 atom stereocenters. The third kappa shape index (κ3) is 5.69. The first-order valence-corrected chi connectivity index (χ1v) is 9.97. The highest BCUT2D eigenvalue weighted by Gasteiger charge is 2.36. The molecule has 1 unspecified atom stereocenters. The first-order chi connectivity index (χ1) is 13.2. The topological polar surface area (TPSA) is 43.1 Å². The molecule has 1 aliphatic carbocycles. The van der Waals surface area contributed by atoms with Crippen molar-refractivity contribution >= 4 is 5.91 Å². The van der Waals surface area contributed by atoms with Crippen molar-refractivity contribution in [1.29, 1.82) is 0 Å².